The number of nitrogens with one attached hydrogen (secondary N) is 1. The first-order valence-corrected chi connectivity index (χ1v) is 10.5. The van der Waals surface area contributed by atoms with Gasteiger partial charge in [0, 0.05) is 23.2 Å². The molecule has 0 bridgehead atoms. The Morgan fingerprint density at radius 3 is 2.65 bits per heavy atom. The van der Waals surface area contributed by atoms with Crippen molar-refractivity contribution in [3.05, 3.63) is 47.5 Å². The number of aryl methyl sites for hydroxylation is 1. The lowest BCUT2D eigenvalue weighted by atomic mass is 10.2. The summed E-state index contributed by atoms with van der Waals surface area (Å²) < 4.78 is 35.5. The molecular weight excluding hydrogens is 370 g/mol. The summed E-state index contributed by atoms with van der Waals surface area (Å²) in [6.45, 7) is 5.91. The Kier molecular flexibility index (Phi) is 5.06. The lowest BCUT2D eigenvalue weighted by Gasteiger charge is -2.11. The van der Waals surface area contributed by atoms with Gasteiger partial charge >= 0.3 is 0 Å². The minimum Gasteiger partial charge on any atom is -0.497 e. The third-order valence-electron chi connectivity index (χ3n) is 3.97. The average Bonchev–Trinajstić information content (AvgIpc) is 3.25. The fourth-order valence-corrected chi connectivity index (χ4v) is 4.92. The normalized spacial score (nSPS) is 11.7. The molecule has 0 spiro atoms. The van der Waals surface area contributed by atoms with Gasteiger partial charge in [-0.15, -0.1) is 11.3 Å². The van der Waals surface area contributed by atoms with Gasteiger partial charge in [0.25, 0.3) is 10.0 Å². The van der Waals surface area contributed by atoms with E-state index in [2.05, 4.69) is 9.82 Å². The van der Waals surface area contributed by atoms with Crippen molar-refractivity contribution >= 4 is 27.0 Å². The van der Waals surface area contributed by atoms with Crippen LogP contribution in [0.2, 0.25) is 0 Å². The van der Waals surface area contributed by atoms with E-state index in [-0.39, 0.29) is 10.3 Å². The molecule has 0 aliphatic rings. The summed E-state index contributed by atoms with van der Waals surface area (Å²) in [5, 5.41) is 6.14. The van der Waals surface area contributed by atoms with Gasteiger partial charge in [-0.05, 0) is 56.7 Å². The summed E-state index contributed by atoms with van der Waals surface area (Å²) in [5.74, 6) is 0.686. The number of anilines is 1. The zero-order valence-corrected chi connectivity index (χ0v) is 16.7. The maximum Gasteiger partial charge on any atom is 0.271 e. The molecule has 0 amide bonds. The smallest absolute Gasteiger partial charge is 0.271 e. The summed E-state index contributed by atoms with van der Waals surface area (Å²) in [7, 11) is -2.08. The molecule has 3 rings (SSSR count). The first-order chi connectivity index (χ1) is 12.3. The number of sulfonamides is 1. The van der Waals surface area contributed by atoms with Gasteiger partial charge in [0.15, 0.2) is 0 Å². The van der Waals surface area contributed by atoms with Crippen LogP contribution in [0, 0.1) is 6.92 Å². The summed E-state index contributed by atoms with van der Waals surface area (Å²) in [4.78, 5) is 0. The Balaban J connectivity index is 1.89. The number of hydrogen-bond donors (Lipinski definition) is 1. The van der Waals surface area contributed by atoms with Crippen molar-refractivity contribution in [2.45, 2.75) is 31.0 Å². The minimum atomic E-state index is -3.66. The zero-order chi connectivity index (χ0) is 18.9. The van der Waals surface area contributed by atoms with Crippen molar-refractivity contribution in [3.8, 4) is 17.0 Å². The second-order valence-corrected chi connectivity index (χ2v) is 9.02. The van der Waals surface area contributed by atoms with Crippen LogP contribution in [0.25, 0.3) is 11.3 Å². The standard InChI is InChI=1S/C18H21N3O3S2/c1-12(2)21-17(7-8-19-21)14-10-18(25-11-14)26(22,23)20-16-6-5-15(24-4)9-13(16)3/h5-12,20H,1-4H3. The largest absolute Gasteiger partial charge is 0.497 e. The van der Waals surface area contributed by atoms with E-state index in [9.17, 15) is 8.42 Å². The highest BCUT2D eigenvalue weighted by Gasteiger charge is 2.20. The molecule has 0 fully saturated rings. The van der Waals surface area contributed by atoms with Gasteiger partial charge in [-0.2, -0.15) is 5.10 Å². The minimum absolute atomic E-state index is 0.194. The quantitative estimate of drug-likeness (QED) is 0.679. The number of methoxy groups -OCH3 is 1. The number of nitrogens with zero attached hydrogens (tertiary/aromatic N) is 2. The Morgan fingerprint density at radius 1 is 1.23 bits per heavy atom. The van der Waals surface area contributed by atoms with Crippen molar-refractivity contribution in [2.75, 3.05) is 11.8 Å². The molecule has 0 aliphatic heterocycles. The Labute approximate surface area is 157 Å². The third-order valence-corrected chi connectivity index (χ3v) is 6.78. The van der Waals surface area contributed by atoms with E-state index in [0.29, 0.717) is 11.4 Å². The van der Waals surface area contributed by atoms with Gasteiger partial charge in [0.05, 0.1) is 18.5 Å². The van der Waals surface area contributed by atoms with Crippen LogP contribution in [-0.4, -0.2) is 25.3 Å². The third kappa shape index (κ3) is 3.61. The molecule has 1 aromatic carbocycles. The molecule has 0 atom stereocenters. The van der Waals surface area contributed by atoms with E-state index in [1.165, 1.54) is 11.3 Å². The van der Waals surface area contributed by atoms with Crippen LogP contribution in [0.4, 0.5) is 5.69 Å². The molecule has 0 saturated heterocycles. The van der Waals surface area contributed by atoms with E-state index in [4.69, 9.17) is 4.74 Å². The van der Waals surface area contributed by atoms with E-state index < -0.39 is 10.0 Å². The molecular formula is C18H21N3O3S2. The Bertz CT molecular complexity index is 1020. The number of hydrogen-bond acceptors (Lipinski definition) is 5. The van der Waals surface area contributed by atoms with E-state index in [1.807, 2.05) is 36.9 Å². The number of thiophene rings is 1. The number of ether oxygens (including phenoxy) is 1. The molecule has 26 heavy (non-hydrogen) atoms. The topological polar surface area (TPSA) is 73.2 Å². The van der Waals surface area contributed by atoms with Gasteiger partial charge < -0.3 is 4.74 Å². The summed E-state index contributed by atoms with van der Waals surface area (Å²) in [6.07, 6.45) is 1.72. The van der Waals surface area contributed by atoms with E-state index >= 15 is 0 Å². The van der Waals surface area contributed by atoms with Crippen molar-refractivity contribution in [2.24, 2.45) is 0 Å². The van der Waals surface area contributed by atoms with Crippen LogP contribution in [0.15, 0.2) is 46.1 Å². The van der Waals surface area contributed by atoms with Gasteiger partial charge in [0.1, 0.15) is 9.96 Å². The fourth-order valence-electron chi connectivity index (χ4n) is 2.62. The predicted octanol–water partition coefficient (Wildman–Crippen LogP) is 4.31. The highest BCUT2D eigenvalue weighted by Crippen LogP contribution is 2.31. The molecule has 0 radical (unpaired) electrons. The van der Waals surface area contributed by atoms with E-state index in [1.54, 1.807) is 37.6 Å². The molecule has 3 aromatic rings. The monoisotopic (exact) mass is 391 g/mol. The first kappa shape index (κ1) is 18.5. The molecule has 6 nitrogen and oxygen atoms in total. The van der Waals surface area contributed by atoms with Gasteiger partial charge in [-0.25, -0.2) is 8.42 Å². The maximum atomic E-state index is 12.8. The van der Waals surface area contributed by atoms with Crippen LogP contribution in [0.5, 0.6) is 5.75 Å². The van der Waals surface area contributed by atoms with Crippen molar-refractivity contribution in [1.29, 1.82) is 0 Å². The second kappa shape index (κ2) is 7.13. The van der Waals surface area contributed by atoms with Crippen LogP contribution in [0.3, 0.4) is 0 Å². The zero-order valence-electron chi connectivity index (χ0n) is 15.1. The van der Waals surface area contributed by atoms with Crippen LogP contribution >= 0.6 is 11.3 Å². The van der Waals surface area contributed by atoms with Crippen molar-refractivity contribution in [1.82, 2.24) is 9.78 Å². The summed E-state index contributed by atoms with van der Waals surface area (Å²) >= 11 is 1.19. The summed E-state index contributed by atoms with van der Waals surface area (Å²) in [6, 6.07) is 8.99. The van der Waals surface area contributed by atoms with Crippen LogP contribution in [-0.2, 0) is 10.0 Å². The molecule has 1 N–H and O–H groups in total. The number of aromatic nitrogens is 2. The molecule has 0 unspecified atom stereocenters. The van der Waals surface area contributed by atoms with Gasteiger partial charge in [-0.1, -0.05) is 0 Å². The second-order valence-electron chi connectivity index (χ2n) is 6.20. The highest BCUT2D eigenvalue weighted by molar-refractivity contribution is 7.94. The lowest BCUT2D eigenvalue weighted by Crippen LogP contribution is -2.12. The number of rotatable bonds is 6. The Morgan fingerprint density at radius 2 is 2.00 bits per heavy atom. The fraction of sp³-hybridized carbons (Fsp3) is 0.278. The van der Waals surface area contributed by atoms with Crippen molar-refractivity contribution in [3.63, 3.8) is 0 Å². The van der Waals surface area contributed by atoms with Crippen molar-refractivity contribution < 1.29 is 13.2 Å². The predicted molar refractivity (Wildman–Crippen MR) is 104 cm³/mol. The Hall–Kier alpha value is -2.32. The number of benzene rings is 1. The molecule has 2 heterocycles. The van der Waals surface area contributed by atoms with Gasteiger partial charge in [0.2, 0.25) is 0 Å². The average molecular weight is 392 g/mol. The molecule has 138 valence electrons. The van der Waals surface area contributed by atoms with Crippen LogP contribution in [0.1, 0.15) is 25.5 Å². The van der Waals surface area contributed by atoms with Gasteiger partial charge in [-0.3, -0.25) is 9.40 Å². The SMILES string of the molecule is COc1ccc(NS(=O)(=O)c2cc(-c3ccnn3C(C)C)cs2)c(C)c1. The maximum absolute atomic E-state index is 12.8. The van der Waals surface area contributed by atoms with Crippen LogP contribution < -0.4 is 9.46 Å². The molecule has 2 aromatic heterocycles. The summed E-state index contributed by atoms with van der Waals surface area (Å²) in [5.41, 5.74) is 3.07. The molecule has 0 saturated carbocycles. The lowest BCUT2D eigenvalue weighted by molar-refractivity contribution is 0.414. The molecule has 8 heteroatoms. The first-order valence-electron chi connectivity index (χ1n) is 8.11. The van der Waals surface area contributed by atoms with E-state index in [0.717, 1.165) is 16.8 Å². The highest BCUT2D eigenvalue weighted by atomic mass is 32.2. The molecule has 0 aliphatic carbocycles.